The fourth-order valence-electron chi connectivity index (χ4n) is 3.01. The zero-order chi connectivity index (χ0) is 13.3. The molecule has 1 heterocycles. The van der Waals surface area contributed by atoms with Crippen molar-refractivity contribution in [3.8, 4) is 0 Å². The van der Waals surface area contributed by atoms with E-state index in [0.29, 0.717) is 0 Å². The molecule has 1 N–H and O–H groups in total. The van der Waals surface area contributed by atoms with Crippen LogP contribution in [0, 0.1) is 0 Å². The summed E-state index contributed by atoms with van der Waals surface area (Å²) in [5.74, 6) is 0. The quantitative estimate of drug-likeness (QED) is 0.815. The van der Waals surface area contributed by atoms with Gasteiger partial charge in [0.15, 0.2) is 0 Å². The summed E-state index contributed by atoms with van der Waals surface area (Å²) in [7, 11) is -3.21. The van der Waals surface area contributed by atoms with E-state index in [0.717, 1.165) is 24.0 Å². The normalized spacial score (nSPS) is 30.4. The second kappa shape index (κ2) is 4.96. The van der Waals surface area contributed by atoms with Gasteiger partial charge in [-0.2, -0.15) is 0 Å². The summed E-state index contributed by atoms with van der Waals surface area (Å²) in [6.07, 6.45) is 1.58. The topological polar surface area (TPSA) is 37.3 Å². The predicted molar refractivity (Wildman–Crippen MR) is 77.4 cm³/mol. The molecule has 2 aromatic rings. The summed E-state index contributed by atoms with van der Waals surface area (Å²) in [4.78, 5) is 10.6. The van der Waals surface area contributed by atoms with Crippen molar-refractivity contribution >= 4 is 7.37 Å². The molecule has 0 radical (unpaired) electrons. The van der Waals surface area contributed by atoms with E-state index in [4.69, 9.17) is 0 Å². The van der Waals surface area contributed by atoms with Crippen LogP contribution in [0.15, 0.2) is 60.7 Å². The fraction of sp³-hybridized carbons (Fsp3) is 0.250. The molecule has 0 saturated carbocycles. The zero-order valence-corrected chi connectivity index (χ0v) is 11.5. The van der Waals surface area contributed by atoms with E-state index in [-0.39, 0.29) is 11.3 Å². The van der Waals surface area contributed by atoms with Gasteiger partial charge in [0.05, 0.1) is 11.3 Å². The standard InChI is InChI=1S/C16H17O2P/c17-19(18)15(13-7-3-1-4-8-13)11-12-16(19)14-9-5-2-6-10-14/h1-10,15-16H,11-12H2,(H,17,18). The van der Waals surface area contributed by atoms with Crippen LogP contribution in [0.5, 0.6) is 0 Å². The van der Waals surface area contributed by atoms with Gasteiger partial charge in [0.25, 0.3) is 0 Å². The second-order valence-corrected chi connectivity index (χ2v) is 7.69. The average Bonchev–Trinajstić information content (AvgIpc) is 2.76. The molecular weight excluding hydrogens is 255 g/mol. The van der Waals surface area contributed by atoms with Crippen molar-refractivity contribution in [2.75, 3.05) is 0 Å². The number of hydrogen-bond donors (Lipinski definition) is 1. The van der Waals surface area contributed by atoms with Gasteiger partial charge in [0, 0.05) is 0 Å². The lowest BCUT2D eigenvalue weighted by atomic mass is 10.0. The molecule has 0 spiro atoms. The van der Waals surface area contributed by atoms with Gasteiger partial charge in [-0.3, -0.25) is 4.57 Å². The van der Waals surface area contributed by atoms with E-state index in [1.165, 1.54) is 0 Å². The molecule has 0 aromatic heterocycles. The molecular formula is C16H17O2P. The SMILES string of the molecule is O=P1(O)C(c2ccccc2)CCC1c1ccccc1. The highest BCUT2D eigenvalue weighted by atomic mass is 31.2. The van der Waals surface area contributed by atoms with E-state index in [2.05, 4.69) is 0 Å². The summed E-state index contributed by atoms with van der Waals surface area (Å²) < 4.78 is 12.8. The Morgan fingerprint density at radius 2 is 1.16 bits per heavy atom. The Balaban J connectivity index is 1.95. The smallest absolute Gasteiger partial charge is 0.215 e. The van der Waals surface area contributed by atoms with Crippen molar-refractivity contribution in [2.24, 2.45) is 0 Å². The van der Waals surface area contributed by atoms with Gasteiger partial charge >= 0.3 is 0 Å². The Bertz CT molecular complexity index is 543. The van der Waals surface area contributed by atoms with E-state index in [9.17, 15) is 9.46 Å². The number of rotatable bonds is 2. The summed E-state index contributed by atoms with van der Waals surface area (Å²) in [5, 5.41) is 0. The molecule has 3 heteroatoms. The lowest BCUT2D eigenvalue weighted by Gasteiger charge is -2.20. The van der Waals surface area contributed by atoms with Gasteiger partial charge in [0.1, 0.15) is 0 Å². The summed E-state index contributed by atoms with van der Waals surface area (Å²) in [6, 6.07) is 19.5. The first kappa shape index (κ1) is 12.7. The van der Waals surface area contributed by atoms with Gasteiger partial charge < -0.3 is 4.89 Å². The Kier molecular flexibility index (Phi) is 3.30. The van der Waals surface area contributed by atoms with Crippen molar-refractivity contribution in [2.45, 2.75) is 24.2 Å². The van der Waals surface area contributed by atoms with Crippen LogP contribution in [0.1, 0.15) is 35.3 Å². The molecule has 2 unspecified atom stereocenters. The van der Waals surface area contributed by atoms with Gasteiger partial charge in [-0.05, 0) is 24.0 Å². The van der Waals surface area contributed by atoms with Crippen molar-refractivity contribution in [1.29, 1.82) is 0 Å². The molecule has 0 amide bonds. The van der Waals surface area contributed by atoms with Crippen molar-refractivity contribution in [1.82, 2.24) is 0 Å². The summed E-state index contributed by atoms with van der Waals surface area (Å²) in [6.45, 7) is 0. The van der Waals surface area contributed by atoms with E-state index in [1.54, 1.807) is 0 Å². The first-order valence-corrected chi connectivity index (χ1v) is 8.41. The Hall–Kier alpha value is -1.37. The maximum Gasteiger partial charge on any atom is 0.215 e. The highest BCUT2D eigenvalue weighted by molar-refractivity contribution is 7.59. The minimum atomic E-state index is -3.21. The van der Waals surface area contributed by atoms with Gasteiger partial charge in [-0.1, -0.05) is 60.7 Å². The molecule has 19 heavy (non-hydrogen) atoms. The number of benzene rings is 2. The van der Waals surface area contributed by atoms with Crippen LogP contribution in [0.25, 0.3) is 0 Å². The van der Waals surface area contributed by atoms with Crippen molar-refractivity contribution < 1.29 is 9.46 Å². The molecule has 3 rings (SSSR count). The maximum atomic E-state index is 12.8. The van der Waals surface area contributed by atoms with Crippen molar-refractivity contribution in [3.05, 3.63) is 71.8 Å². The van der Waals surface area contributed by atoms with Gasteiger partial charge in [0.2, 0.25) is 7.37 Å². The van der Waals surface area contributed by atoms with Crippen LogP contribution in [0.3, 0.4) is 0 Å². The highest BCUT2D eigenvalue weighted by Crippen LogP contribution is 2.73. The van der Waals surface area contributed by atoms with Crippen LogP contribution in [0.2, 0.25) is 0 Å². The molecule has 98 valence electrons. The monoisotopic (exact) mass is 272 g/mol. The molecule has 2 nitrogen and oxygen atoms in total. The first-order chi connectivity index (χ1) is 9.19. The molecule has 2 atom stereocenters. The number of hydrogen-bond acceptors (Lipinski definition) is 1. The Morgan fingerprint density at radius 3 is 1.53 bits per heavy atom. The lowest BCUT2D eigenvalue weighted by Crippen LogP contribution is -1.97. The molecule has 2 aromatic carbocycles. The van der Waals surface area contributed by atoms with E-state index >= 15 is 0 Å². The van der Waals surface area contributed by atoms with Crippen LogP contribution in [-0.4, -0.2) is 4.89 Å². The maximum absolute atomic E-state index is 12.8. The first-order valence-electron chi connectivity index (χ1n) is 6.61. The molecule has 1 fully saturated rings. The third-order valence-corrected chi connectivity index (χ3v) is 6.87. The molecule has 0 aliphatic carbocycles. The minimum Gasteiger partial charge on any atom is -0.343 e. The highest BCUT2D eigenvalue weighted by Gasteiger charge is 2.46. The van der Waals surface area contributed by atoms with E-state index < -0.39 is 7.37 Å². The van der Waals surface area contributed by atoms with Crippen LogP contribution in [0.4, 0.5) is 0 Å². The fourth-order valence-corrected chi connectivity index (χ4v) is 5.68. The van der Waals surface area contributed by atoms with Crippen molar-refractivity contribution in [3.63, 3.8) is 0 Å². The summed E-state index contributed by atoms with van der Waals surface area (Å²) >= 11 is 0. The largest absolute Gasteiger partial charge is 0.343 e. The zero-order valence-electron chi connectivity index (χ0n) is 10.6. The third kappa shape index (κ3) is 2.27. The third-order valence-electron chi connectivity index (χ3n) is 3.98. The molecule has 0 bridgehead atoms. The lowest BCUT2D eigenvalue weighted by molar-refractivity contribution is 0.465. The Labute approximate surface area is 113 Å². The second-order valence-electron chi connectivity index (χ2n) is 5.10. The molecule has 1 saturated heterocycles. The van der Waals surface area contributed by atoms with Crippen LogP contribution in [-0.2, 0) is 4.57 Å². The van der Waals surface area contributed by atoms with Crippen LogP contribution >= 0.6 is 7.37 Å². The molecule has 1 aliphatic rings. The Morgan fingerprint density at radius 1 is 0.789 bits per heavy atom. The van der Waals surface area contributed by atoms with Crippen LogP contribution < -0.4 is 0 Å². The summed E-state index contributed by atoms with van der Waals surface area (Å²) in [5.41, 5.74) is 1.57. The predicted octanol–water partition coefficient (Wildman–Crippen LogP) is 4.53. The minimum absolute atomic E-state index is 0.209. The average molecular weight is 272 g/mol. The molecule has 1 aliphatic heterocycles. The van der Waals surface area contributed by atoms with E-state index in [1.807, 2.05) is 60.7 Å². The van der Waals surface area contributed by atoms with Gasteiger partial charge in [-0.15, -0.1) is 0 Å². The van der Waals surface area contributed by atoms with Gasteiger partial charge in [-0.25, -0.2) is 0 Å².